The maximum absolute atomic E-state index is 13.3. The molecule has 1 heterocycles. The van der Waals surface area contributed by atoms with Gasteiger partial charge < -0.3 is 5.73 Å². The first kappa shape index (κ1) is 20.0. The predicted octanol–water partition coefficient (Wildman–Crippen LogP) is 4.30. The average molecular weight is 387 g/mol. The van der Waals surface area contributed by atoms with Gasteiger partial charge in [0, 0.05) is 11.6 Å². The van der Waals surface area contributed by atoms with E-state index >= 15 is 0 Å². The van der Waals surface area contributed by atoms with Crippen LogP contribution >= 0.6 is 0 Å². The van der Waals surface area contributed by atoms with Crippen LogP contribution in [0.3, 0.4) is 0 Å². The minimum absolute atomic E-state index is 0.0644. The van der Waals surface area contributed by atoms with E-state index in [1.165, 1.54) is 0 Å². The molecular weight excluding hydrogens is 376 g/mol. The van der Waals surface area contributed by atoms with E-state index in [-0.39, 0.29) is 5.56 Å². The molecule has 1 amide bonds. The first-order chi connectivity index (χ1) is 12.6. The Hall–Kier alpha value is -3.30. The van der Waals surface area contributed by atoms with E-state index in [4.69, 9.17) is 0 Å². The lowest BCUT2D eigenvalue weighted by atomic mass is 10.1. The number of carbonyl (C=O) groups excluding carboxylic acids is 1. The highest BCUT2D eigenvalue weighted by molar-refractivity contribution is 5.93. The van der Waals surface area contributed by atoms with Crippen LogP contribution in [0.15, 0.2) is 48.7 Å². The van der Waals surface area contributed by atoms with E-state index in [9.17, 15) is 31.1 Å². The summed E-state index contributed by atoms with van der Waals surface area (Å²) in [5, 5.41) is 4.72. The Morgan fingerprint density at radius 2 is 1.56 bits per heavy atom. The standard InChI is InChI=1S/C12H7F3.C5H4F3N3O/c13-10-7-12(15)11(14)6-9(10)8-4-2-1-3-5-8;6-5(7,8)3-2(4(9)12)1-10-11-3/h1-7H;1H,(H2,9,12)(H,10,11). The molecule has 0 fully saturated rings. The zero-order valence-electron chi connectivity index (χ0n) is 13.3. The molecule has 2 aromatic carbocycles. The van der Waals surface area contributed by atoms with E-state index in [1.54, 1.807) is 35.4 Å². The van der Waals surface area contributed by atoms with Crippen LogP contribution in [0.4, 0.5) is 26.3 Å². The fraction of sp³-hybridized carbons (Fsp3) is 0.0588. The molecular formula is C17H11F6N3O. The molecule has 0 aliphatic carbocycles. The number of aromatic nitrogens is 2. The van der Waals surface area contributed by atoms with Crippen LogP contribution in [-0.4, -0.2) is 16.1 Å². The predicted molar refractivity (Wildman–Crippen MR) is 83.9 cm³/mol. The molecule has 0 spiro atoms. The number of benzene rings is 2. The van der Waals surface area contributed by atoms with Crippen LogP contribution in [-0.2, 0) is 6.18 Å². The number of rotatable bonds is 2. The number of nitrogens with zero attached hydrogens (tertiary/aromatic N) is 1. The Labute approximate surface area is 148 Å². The second-order valence-corrected chi connectivity index (χ2v) is 5.13. The number of hydrogen-bond acceptors (Lipinski definition) is 2. The summed E-state index contributed by atoms with van der Waals surface area (Å²) in [5.74, 6) is -4.14. The topological polar surface area (TPSA) is 71.8 Å². The molecule has 0 atom stereocenters. The van der Waals surface area contributed by atoms with Gasteiger partial charge in [0.15, 0.2) is 17.3 Å². The molecule has 3 N–H and O–H groups in total. The number of primary amides is 1. The SMILES string of the molecule is Fc1cc(F)c(-c2ccccc2)cc1F.NC(=O)c1cn[nH]c1C(F)(F)F. The molecule has 3 aromatic rings. The van der Waals surface area contributed by atoms with Gasteiger partial charge in [-0.3, -0.25) is 9.89 Å². The van der Waals surface area contributed by atoms with Crippen molar-refractivity contribution in [3.05, 3.63) is 77.4 Å². The van der Waals surface area contributed by atoms with Crippen molar-refractivity contribution in [3.63, 3.8) is 0 Å². The largest absolute Gasteiger partial charge is 0.433 e. The van der Waals surface area contributed by atoms with Gasteiger partial charge in [0.2, 0.25) is 0 Å². The third kappa shape index (κ3) is 4.87. The lowest BCUT2D eigenvalue weighted by Crippen LogP contribution is -2.17. The summed E-state index contributed by atoms with van der Waals surface area (Å²) < 4.78 is 74.8. The van der Waals surface area contributed by atoms with Crippen molar-refractivity contribution in [2.75, 3.05) is 0 Å². The number of nitrogens with two attached hydrogens (primary N) is 1. The Morgan fingerprint density at radius 1 is 0.963 bits per heavy atom. The summed E-state index contributed by atoms with van der Waals surface area (Å²) in [6.45, 7) is 0. The van der Waals surface area contributed by atoms with Crippen molar-refractivity contribution in [2.24, 2.45) is 5.73 Å². The van der Waals surface area contributed by atoms with Gasteiger partial charge in [0.05, 0.1) is 11.8 Å². The van der Waals surface area contributed by atoms with Crippen molar-refractivity contribution in [3.8, 4) is 11.1 Å². The smallest absolute Gasteiger partial charge is 0.365 e. The van der Waals surface area contributed by atoms with Gasteiger partial charge in [-0.25, -0.2) is 13.2 Å². The summed E-state index contributed by atoms with van der Waals surface area (Å²) >= 11 is 0. The van der Waals surface area contributed by atoms with E-state index in [0.717, 1.165) is 12.3 Å². The molecule has 0 saturated carbocycles. The molecule has 27 heavy (non-hydrogen) atoms. The third-order valence-corrected chi connectivity index (χ3v) is 3.28. The van der Waals surface area contributed by atoms with Crippen molar-refractivity contribution in [2.45, 2.75) is 6.18 Å². The fourth-order valence-corrected chi connectivity index (χ4v) is 2.05. The second-order valence-electron chi connectivity index (χ2n) is 5.13. The van der Waals surface area contributed by atoms with Gasteiger partial charge in [0.25, 0.3) is 5.91 Å². The molecule has 3 rings (SSSR count). The Bertz CT molecular complexity index is 938. The van der Waals surface area contributed by atoms with Gasteiger partial charge in [-0.15, -0.1) is 0 Å². The van der Waals surface area contributed by atoms with Crippen LogP contribution in [0.2, 0.25) is 0 Å². The van der Waals surface area contributed by atoms with Crippen LogP contribution in [0.1, 0.15) is 16.1 Å². The molecule has 0 aliphatic heterocycles. The van der Waals surface area contributed by atoms with Gasteiger partial charge in [-0.2, -0.15) is 18.3 Å². The summed E-state index contributed by atoms with van der Waals surface area (Å²) in [7, 11) is 0. The monoisotopic (exact) mass is 387 g/mol. The lowest BCUT2D eigenvalue weighted by molar-refractivity contribution is -0.141. The molecule has 1 aromatic heterocycles. The van der Waals surface area contributed by atoms with Crippen LogP contribution < -0.4 is 5.73 Å². The van der Waals surface area contributed by atoms with E-state index in [1.807, 2.05) is 0 Å². The number of H-pyrrole nitrogens is 1. The lowest BCUT2D eigenvalue weighted by Gasteiger charge is -2.03. The first-order valence-corrected chi connectivity index (χ1v) is 7.21. The number of halogens is 6. The van der Waals surface area contributed by atoms with Crippen LogP contribution in [0, 0.1) is 17.5 Å². The minimum Gasteiger partial charge on any atom is -0.365 e. The van der Waals surface area contributed by atoms with Gasteiger partial charge in [-0.1, -0.05) is 30.3 Å². The number of aromatic amines is 1. The first-order valence-electron chi connectivity index (χ1n) is 7.21. The minimum atomic E-state index is -4.62. The van der Waals surface area contributed by atoms with Crippen molar-refractivity contribution < 1.29 is 31.1 Å². The number of carbonyl (C=O) groups is 1. The Balaban J connectivity index is 0.000000199. The van der Waals surface area contributed by atoms with Crippen molar-refractivity contribution >= 4 is 5.91 Å². The second kappa shape index (κ2) is 7.94. The zero-order chi connectivity index (χ0) is 20.2. The Morgan fingerprint density at radius 3 is 2.07 bits per heavy atom. The molecule has 4 nitrogen and oxygen atoms in total. The van der Waals surface area contributed by atoms with Crippen LogP contribution in [0.25, 0.3) is 11.1 Å². The zero-order valence-corrected chi connectivity index (χ0v) is 13.3. The number of alkyl halides is 3. The normalized spacial score (nSPS) is 10.9. The van der Waals surface area contributed by atoms with E-state index in [0.29, 0.717) is 11.6 Å². The molecule has 0 unspecified atom stereocenters. The van der Waals surface area contributed by atoms with Gasteiger partial charge in [-0.05, 0) is 11.6 Å². The number of hydrogen-bond donors (Lipinski definition) is 2. The Kier molecular flexibility index (Phi) is 5.88. The van der Waals surface area contributed by atoms with Crippen molar-refractivity contribution in [1.29, 1.82) is 0 Å². The molecule has 142 valence electrons. The van der Waals surface area contributed by atoms with Gasteiger partial charge >= 0.3 is 6.18 Å². The third-order valence-electron chi connectivity index (χ3n) is 3.28. The average Bonchev–Trinajstić information content (AvgIpc) is 3.10. The summed E-state index contributed by atoms with van der Waals surface area (Å²) in [5.41, 5.74) is 3.38. The van der Waals surface area contributed by atoms with E-state index < -0.39 is 40.8 Å². The summed E-state index contributed by atoms with van der Waals surface area (Å²) in [4.78, 5) is 10.4. The van der Waals surface area contributed by atoms with Gasteiger partial charge in [0.1, 0.15) is 5.82 Å². The molecule has 0 saturated heterocycles. The highest BCUT2D eigenvalue weighted by Crippen LogP contribution is 2.29. The molecule has 0 radical (unpaired) electrons. The molecule has 0 aliphatic rings. The highest BCUT2D eigenvalue weighted by atomic mass is 19.4. The quantitative estimate of drug-likeness (QED) is 0.508. The molecule has 10 heteroatoms. The number of amides is 1. The molecule has 0 bridgehead atoms. The van der Waals surface area contributed by atoms with Crippen molar-refractivity contribution in [1.82, 2.24) is 10.2 Å². The maximum Gasteiger partial charge on any atom is 0.433 e. The highest BCUT2D eigenvalue weighted by Gasteiger charge is 2.36. The summed E-state index contributed by atoms with van der Waals surface area (Å²) in [6.07, 6.45) is -3.88. The van der Waals surface area contributed by atoms with Crippen LogP contribution in [0.5, 0.6) is 0 Å². The fourth-order valence-electron chi connectivity index (χ4n) is 2.05. The number of nitrogens with one attached hydrogen (secondary N) is 1. The summed E-state index contributed by atoms with van der Waals surface area (Å²) in [6, 6.07) is 9.86. The van der Waals surface area contributed by atoms with E-state index in [2.05, 4.69) is 10.8 Å². The maximum atomic E-state index is 13.3.